The normalized spacial score (nSPS) is 10.1. The van der Waals surface area contributed by atoms with Crippen molar-refractivity contribution in [2.24, 2.45) is 0 Å². The fourth-order valence-corrected chi connectivity index (χ4v) is 2.22. The van der Waals surface area contributed by atoms with Gasteiger partial charge in [-0.05, 0) is 15.9 Å². The summed E-state index contributed by atoms with van der Waals surface area (Å²) in [7, 11) is 1.57. The van der Waals surface area contributed by atoms with Crippen molar-refractivity contribution in [2.75, 3.05) is 7.11 Å². The smallest absolute Gasteiger partial charge is 0.242 e. The Balaban J connectivity index is 2.50. The highest BCUT2D eigenvalue weighted by Crippen LogP contribution is 2.29. The second kappa shape index (κ2) is 4.02. The molecule has 0 saturated carbocycles. The number of hydrogen-bond donors (Lipinski definition) is 0. The highest BCUT2D eigenvalue weighted by molar-refractivity contribution is 9.10. The van der Waals surface area contributed by atoms with Crippen LogP contribution in [0.15, 0.2) is 22.4 Å². The van der Waals surface area contributed by atoms with Gasteiger partial charge >= 0.3 is 0 Å². The molecule has 0 aromatic carbocycles. The predicted octanol–water partition coefficient (Wildman–Crippen LogP) is 2.37. The van der Waals surface area contributed by atoms with E-state index in [1.807, 2.05) is 5.38 Å². The van der Waals surface area contributed by atoms with Crippen molar-refractivity contribution in [3.8, 4) is 16.6 Å². The van der Waals surface area contributed by atoms with Crippen LogP contribution in [0, 0.1) is 0 Å². The van der Waals surface area contributed by atoms with Gasteiger partial charge in [0.05, 0.1) is 7.11 Å². The van der Waals surface area contributed by atoms with Crippen molar-refractivity contribution in [2.45, 2.75) is 0 Å². The predicted molar refractivity (Wildman–Crippen MR) is 57.4 cm³/mol. The van der Waals surface area contributed by atoms with Crippen molar-refractivity contribution < 1.29 is 4.74 Å². The van der Waals surface area contributed by atoms with Gasteiger partial charge in [0.1, 0.15) is 9.61 Å². The Hall–Kier alpha value is -1.01. The fourth-order valence-electron chi connectivity index (χ4n) is 0.984. The molecule has 2 aromatic rings. The molecule has 0 unspecified atom stereocenters. The molecule has 0 N–H and O–H groups in total. The van der Waals surface area contributed by atoms with Gasteiger partial charge in [-0.2, -0.15) is 0 Å². The molecule has 2 aromatic heterocycles. The van der Waals surface area contributed by atoms with E-state index in [2.05, 4.69) is 30.9 Å². The van der Waals surface area contributed by atoms with Gasteiger partial charge in [-0.3, -0.25) is 0 Å². The summed E-state index contributed by atoms with van der Waals surface area (Å²) >= 11 is 4.78. The first kappa shape index (κ1) is 9.54. The van der Waals surface area contributed by atoms with Crippen LogP contribution < -0.4 is 4.74 Å². The van der Waals surface area contributed by atoms with E-state index in [9.17, 15) is 0 Å². The van der Waals surface area contributed by atoms with E-state index in [-0.39, 0.29) is 0 Å². The highest BCUT2D eigenvalue weighted by Gasteiger charge is 2.11. The minimum atomic E-state index is 0.495. The molecule has 0 amide bonds. The maximum absolute atomic E-state index is 5.09. The van der Waals surface area contributed by atoms with E-state index in [1.165, 1.54) is 11.3 Å². The van der Waals surface area contributed by atoms with Crippen LogP contribution in [-0.2, 0) is 0 Å². The molecule has 0 radical (unpaired) electrons. The van der Waals surface area contributed by atoms with Crippen LogP contribution in [0.2, 0.25) is 0 Å². The molecule has 0 fully saturated rings. The second-order valence-corrected chi connectivity index (χ2v) is 4.06. The molecule has 2 heterocycles. The molecule has 4 nitrogen and oxygen atoms in total. The first-order valence-electron chi connectivity index (χ1n) is 3.77. The largest absolute Gasteiger partial charge is 0.479 e. The summed E-state index contributed by atoms with van der Waals surface area (Å²) in [5, 5.41) is 2.69. The van der Waals surface area contributed by atoms with Crippen LogP contribution >= 0.6 is 27.3 Å². The summed E-state index contributed by atoms with van der Waals surface area (Å²) in [4.78, 5) is 12.5. The van der Waals surface area contributed by atoms with E-state index in [4.69, 9.17) is 4.74 Å². The van der Waals surface area contributed by atoms with Gasteiger partial charge in [-0.15, -0.1) is 11.3 Å². The van der Waals surface area contributed by atoms with E-state index >= 15 is 0 Å². The third-order valence-electron chi connectivity index (χ3n) is 1.54. The van der Waals surface area contributed by atoms with E-state index in [0.717, 1.165) is 9.61 Å². The summed E-state index contributed by atoms with van der Waals surface area (Å²) in [6.07, 6.45) is 3.21. The van der Waals surface area contributed by atoms with E-state index < -0.39 is 0 Å². The van der Waals surface area contributed by atoms with Gasteiger partial charge in [0, 0.05) is 17.8 Å². The summed E-state index contributed by atoms with van der Waals surface area (Å²) in [6.45, 7) is 0. The zero-order valence-electron chi connectivity index (χ0n) is 7.27. The molecule has 2 rings (SSSR count). The summed E-state index contributed by atoms with van der Waals surface area (Å²) < 4.78 is 5.88. The van der Waals surface area contributed by atoms with Crippen molar-refractivity contribution in [3.05, 3.63) is 22.4 Å². The Morgan fingerprint density at radius 3 is 2.79 bits per heavy atom. The van der Waals surface area contributed by atoms with Crippen LogP contribution in [0.25, 0.3) is 10.7 Å². The molecule has 6 heteroatoms. The number of methoxy groups -OCH3 is 1. The number of rotatable bonds is 2. The van der Waals surface area contributed by atoms with Crippen molar-refractivity contribution in [1.29, 1.82) is 0 Å². The van der Waals surface area contributed by atoms with Crippen LogP contribution in [0.3, 0.4) is 0 Å². The molecule has 0 spiro atoms. The third-order valence-corrected chi connectivity index (χ3v) is 3.10. The van der Waals surface area contributed by atoms with Crippen LogP contribution in [0.5, 0.6) is 5.88 Å². The Bertz CT molecular complexity index is 446. The van der Waals surface area contributed by atoms with Crippen molar-refractivity contribution >= 4 is 27.3 Å². The fraction of sp³-hybridized carbons (Fsp3) is 0.125. The zero-order chi connectivity index (χ0) is 9.97. The standard InChI is InChI=1S/C8H6BrN3OS/c1-13-7-6(10-2-3-11-7)8-12-5(9)4-14-8/h2-4H,1H3. The molecule has 0 saturated heterocycles. The molecule has 0 bridgehead atoms. The molecule has 0 aliphatic heterocycles. The first-order valence-corrected chi connectivity index (χ1v) is 5.45. The molecule has 72 valence electrons. The lowest BCUT2D eigenvalue weighted by molar-refractivity contribution is 0.397. The van der Waals surface area contributed by atoms with Crippen molar-refractivity contribution in [3.63, 3.8) is 0 Å². The monoisotopic (exact) mass is 271 g/mol. The van der Waals surface area contributed by atoms with Crippen LogP contribution in [0.1, 0.15) is 0 Å². The quantitative estimate of drug-likeness (QED) is 0.842. The summed E-state index contributed by atoms with van der Waals surface area (Å²) in [5.41, 5.74) is 0.672. The molecular formula is C8H6BrN3OS. The number of thiazole rings is 1. The average Bonchev–Trinajstić information content (AvgIpc) is 2.65. The Labute approximate surface area is 93.1 Å². The lowest BCUT2D eigenvalue weighted by Gasteiger charge is -2.01. The van der Waals surface area contributed by atoms with Gasteiger partial charge in [-0.25, -0.2) is 15.0 Å². The average molecular weight is 272 g/mol. The Kier molecular flexibility index (Phi) is 2.74. The number of ether oxygens (including phenoxy) is 1. The van der Waals surface area contributed by atoms with Gasteiger partial charge in [0.2, 0.25) is 5.88 Å². The van der Waals surface area contributed by atoms with Gasteiger partial charge in [0.15, 0.2) is 5.69 Å². The number of hydrogen-bond acceptors (Lipinski definition) is 5. The molecule has 14 heavy (non-hydrogen) atoms. The SMILES string of the molecule is COc1nccnc1-c1nc(Br)cs1. The number of aromatic nitrogens is 3. The molecular weight excluding hydrogens is 266 g/mol. The Morgan fingerprint density at radius 1 is 1.36 bits per heavy atom. The lowest BCUT2D eigenvalue weighted by atomic mass is 10.4. The third kappa shape index (κ3) is 1.76. The first-order chi connectivity index (χ1) is 6.81. The van der Waals surface area contributed by atoms with Gasteiger partial charge in [0.25, 0.3) is 0 Å². The molecule has 0 atom stereocenters. The maximum Gasteiger partial charge on any atom is 0.242 e. The lowest BCUT2D eigenvalue weighted by Crippen LogP contribution is -1.93. The van der Waals surface area contributed by atoms with Crippen molar-refractivity contribution in [1.82, 2.24) is 15.0 Å². The molecule has 0 aliphatic carbocycles. The number of nitrogens with zero attached hydrogens (tertiary/aromatic N) is 3. The highest BCUT2D eigenvalue weighted by atomic mass is 79.9. The zero-order valence-corrected chi connectivity index (χ0v) is 9.67. The topological polar surface area (TPSA) is 47.9 Å². The van der Waals surface area contributed by atoms with Crippen LogP contribution in [0.4, 0.5) is 0 Å². The minimum Gasteiger partial charge on any atom is -0.479 e. The second-order valence-electron chi connectivity index (χ2n) is 2.39. The van der Waals surface area contributed by atoms with E-state index in [0.29, 0.717) is 11.6 Å². The van der Waals surface area contributed by atoms with E-state index in [1.54, 1.807) is 19.5 Å². The summed E-state index contributed by atoms with van der Waals surface area (Å²) in [5.74, 6) is 0.495. The van der Waals surface area contributed by atoms with Crippen LogP contribution in [-0.4, -0.2) is 22.1 Å². The van der Waals surface area contributed by atoms with Gasteiger partial charge < -0.3 is 4.74 Å². The minimum absolute atomic E-state index is 0.495. The summed E-state index contributed by atoms with van der Waals surface area (Å²) in [6, 6.07) is 0. The maximum atomic E-state index is 5.09. The number of halogens is 1. The molecule has 0 aliphatic rings. The Morgan fingerprint density at radius 2 is 2.14 bits per heavy atom. The van der Waals surface area contributed by atoms with Gasteiger partial charge in [-0.1, -0.05) is 0 Å².